The smallest absolute Gasteiger partial charge is 0.130 e. The molecule has 1 aromatic heterocycles. The van der Waals surface area contributed by atoms with Crippen molar-refractivity contribution in [2.24, 2.45) is 5.73 Å². The molecule has 0 fully saturated rings. The van der Waals surface area contributed by atoms with Gasteiger partial charge in [-0.05, 0) is 35.9 Å². The zero-order valence-electron chi connectivity index (χ0n) is 12.0. The first kappa shape index (κ1) is 13.6. The van der Waals surface area contributed by atoms with Crippen molar-refractivity contribution in [3.63, 3.8) is 0 Å². The minimum atomic E-state index is 0.451. The highest BCUT2D eigenvalue weighted by Crippen LogP contribution is 2.28. The van der Waals surface area contributed by atoms with Crippen LogP contribution in [0.2, 0.25) is 0 Å². The molecule has 0 unspecified atom stereocenters. The third-order valence-corrected chi connectivity index (χ3v) is 3.52. The quantitative estimate of drug-likeness (QED) is 0.793. The van der Waals surface area contributed by atoms with Gasteiger partial charge in [-0.3, -0.25) is 4.98 Å². The van der Waals surface area contributed by atoms with Crippen molar-refractivity contribution in [2.75, 3.05) is 0 Å². The second-order valence-electron chi connectivity index (χ2n) is 5.03. The molecule has 3 aromatic rings. The Morgan fingerprint density at radius 1 is 1.00 bits per heavy atom. The van der Waals surface area contributed by atoms with Gasteiger partial charge < -0.3 is 10.5 Å². The van der Waals surface area contributed by atoms with E-state index in [1.54, 1.807) is 0 Å². The number of nitrogens with zero attached hydrogens (tertiary/aromatic N) is 1. The summed E-state index contributed by atoms with van der Waals surface area (Å²) >= 11 is 0. The zero-order valence-corrected chi connectivity index (χ0v) is 12.0. The van der Waals surface area contributed by atoms with E-state index in [4.69, 9.17) is 10.5 Å². The molecule has 0 bridgehead atoms. The topological polar surface area (TPSA) is 48.1 Å². The van der Waals surface area contributed by atoms with Gasteiger partial charge in [-0.1, -0.05) is 36.4 Å². The van der Waals surface area contributed by atoms with Crippen LogP contribution in [0.5, 0.6) is 5.75 Å². The van der Waals surface area contributed by atoms with Gasteiger partial charge in [0.2, 0.25) is 0 Å². The number of nitrogens with two attached hydrogens (primary N) is 1. The van der Waals surface area contributed by atoms with Gasteiger partial charge in [-0.2, -0.15) is 0 Å². The minimum Gasteiger partial charge on any atom is -0.487 e. The van der Waals surface area contributed by atoms with E-state index in [0.29, 0.717) is 13.2 Å². The molecule has 0 saturated carbocycles. The summed E-state index contributed by atoms with van der Waals surface area (Å²) in [5.41, 5.74) is 8.87. The zero-order chi connectivity index (χ0) is 14.7. The van der Waals surface area contributed by atoms with Crippen molar-refractivity contribution in [2.45, 2.75) is 20.1 Å². The van der Waals surface area contributed by atoms with Crippen molar-refractivity contribution in [3.05, 3.63) is 71.5 Å². The molecule has 0 aliphatic rings. The van der Waals surface area contributed by atoms with Gasteiger partial charge in [0.05, 0.1) is 5.69 Å². The molecule has 3 rings (SSSR count). The molecular weight excluding hydrogens is 260 g/mol. The number of rotatable bonds is 4. The number of ether oxygens (including phenoxy) is 1. The maximum atomic E-state index is 5.93. The second kappa shape index (κ2) is 5.94. The third kappa shape index (κ3) is 2.88. The first-order valence-electron chi connectivity index (χ1n) is 7.04. The molecule has 0 saturated heterocycles. The molecule has 0 amide bonds. The Bertz CT molecular complexity index is 768. The molecule has 3 nitrogen and oxygen atoms in total. The fourth-order valence-electron chi connectivity index (χ4n) is 2.49. The molecule has 2 N–H and O–H groups in total. The largest absolute Gasteiger partial charge is 0.487 e. The van der Waals surface area contributed by atoms with Crippen LogP contribution in [0.1, 0.15) is 17.0 Å². The number of hydrogen-bond donors (Lipinski definition) is 1. The summed E-state index contributed by atoms with van der Waals surface area (Å²) in [5.74, 6) is 0.833. The monoisotopic (exact) mass is 278 g/mol. The fourth-order valence-corrected chi connectivity index (χ4v) is 2.49. The van der Waals surface area contributed by atoms with Crippen LogP contribution in [0.4, 0.5) is 0 Å². The van der Waals surface area contributed by atoms with E-state index in [1.165, 1.54) is 5.39 Å². The van der Waals surface area contributed by atoms with E-state index in [2.05, 4.69) is 23.2 Å². The van der Waals surface area contributed by atoms with Crippen molar-refractivity contribution >= 4 is 10.8 Å². The Morgan fingerprint density at radius 2 is 1.86 bits per heavy atom. The van der Waals surface area contributed by atoms with E-state index in [1.807, 2.05) is 43.3 Å². The molecule has 3 heteroatoms. The van der Waals surface area contributed by atoms with Gasteiger partial charge in [0.1, 0.15) is 12.4 Å². The van der Waals surface area contributed by atoms with E-state index >= 15 is 0 Å². The predicted molar refractivity (Wildman–Crippen MR) is 85.1 cm³/mol. The summed E-state index contributed by atoms with van der Waals surface area (Å²) < 4.78 is 5.93. The molecule has 2 aromatic carbocycles. The van der Waals surface area contributed by atoms with Crippen LogP contribution in [0.3, 0.4) is 0 Å². The Kier molecular flexibility index (Phi) is 3.84. The summed E-state index contributed by atoms with van der Waals surface area (Å²) in [6, 6.07) is 18.2. The number of pyridine rings is 1. The van der Waals surface area contributed by atoms with Crippen LogP contribution in [0.15, 0.2) is 54.6 Å². The predicted octanol–water partition coefficient (Wildman–Crippen LogP) is 3.58. The van der Waals surface area contributed by atoms with Gasteiger partial charge >= 0.3 is 0 Å². The molecule has 0 radical (unpaired) electrons. The maximum Gasteiger partial charge on any atom is 0.130 e. The molecule has 0 spiro atoms. The summed E-state index contributed by atoms with van der Waals surface area (Å²) in [6.45, 7) is 2.88. The fraction of sp³-hybridized carbons (Fsp3) is 0.167. The Balaban J connectivity index is 1.90. The molecule has 106 valence electrons. The van der Waals surface area contributed by atoms with E-state index < -0.39 is 0 Å². The number of benzene rings is 2. The van der Waals surface area contributed by atoms with Crippen LogP contribution in [-0.2, 0) is 13.2 Å². The Labute approximate surface area is 124 Å². The first-order chi connectivity index (χ1) is 10.3. The summed E-state index contributed by atoms with van der Waals surface area (Å²) in [7, 11) is 0. The Hall–Kier alpha value is -2.39. The normalized spacial score (nSPS) is 10.8. The Morgan fingerprint density at radius 3 is 2.67 bits per heavy atom. The summed E-state index contributed by atoms with van der Waals surface area (Å²) in [6.07, 6.45) is 0. The molecule has 0 aliphatic carbocycles. The van der Waals surface area contributed by atoms with Crippen LogP contribution < -0.4 is 10.5 Å². The number of aryl methyl sites for hydroxylation is 1. The second-order valence-corrected chi connectivity index (χ2v) is 5.03. The number of hydrogen-bond acceptors (Lipinski definition) is 3. The average Bonchev–Trinajstić information content (AvgIpc) is 2.52. The van der Waals surface area contributed by atoms with Crippen LogP contribution in [0.25, 0.3) is 10.8 Å². The van der Waals surface area contributed by atoms with Crippen LogP contribution in [-0.4, -0.2) is 4.98 Å². The molecular formula is C18H18N2O. The molecule has 0 atom stereocenters. The maximum absolute atomic E-state index is 5.93. The summed E-state index contributed by atoms with van der Waals surface area (Å²) in [5, 5.41) is 2.33. The van der Waals surface area contributed by atoms with Crippen molar-refractivity contribution in [3.8, 4) is 5.75 Å². The van der Waals surface area contributed by atoms with Gasteiger partial charge in [-0.25, -0.2) is 0 Å². The van der Waals surface area contributed by atoms with Gasteiger partial charge in [0, 0.05) is 17.8 Å². The van der Waals surface area contributed by atoms with Gasteiger partial charge in [0.15, 0.2) is 0 Å². The van der Waals surface area contributed by atoms with Crippen LogP contribution >= 0.6 is 0 Å². The van der Waals surface area contributed by atoms with Crippen molar-refractivity contribution in [1.82, 2.24) is 4.98 Å². The van der Waals surface area contributed by atoms with Crippen LogP contribution in [0, 0.1) is 6.92 Å². The lowest BCUT2D eigenvalue weighted by molar-refractivity contribution is 0.298. The third-order valence-electron chi connectivity index (χ3n) is 3.52. The van der Waals surface area contributed by atoms with Gasteiger partial charge in [0.25, 0.3) is 0 Å². The van der Waals surface area contributed by atoms with E-state index in [-0.39, 0.29) is 0 Å². The van der Waals surface area contributed by atoms with Crippen molar-refractivity contribution in [1.29, 1.82) is 0 Å². The lowest BCUT2D eigenvalue weighted by Crippen LogP contribution is -2.04. The lowest BCUT2D eigenvalue weighted by Gasteiger charge is -2.13. The number of fused-ring (bicyclic) bond motifs is 1. The first-order valence-corrected chi connectivity index (χ1v) is 7.04. The van der Waals surface area contributed by atoms with Gasteiger partial charge in [-0.15, -0.1) is 0 Å². The molecule has 0 aliphatic heterocycles. The minimum absolute atomic E-state index is 0.451. The standard InChI is InChI=1S/C18H18N2O/c1-13-5-4-7-15(20-13)12-21-18-10-9-14-6-2-3-8-16(14)17(18)11-19/h2-10H,11-12,19H2,1H3. The highest BCUT2D eigenvalue weighted by Gasteiger charge is 2.07. The average molecular weight is 278 g/mol. The molecule has 1 heterocycles. The lowest BCUT2D eigenvalue weighted by atomic mass is 10.0. The van der Waals surface area contributed by atoms with E-state index in [9.17, 15) is 0 Å². The van der Waals surface area contributed by atoms with E-state index in [0.717, 1.165) is 28.1 Å². The van der Waals surface area contributed by atoms with Crippen molar-refractivity contribution < 1.29 is 4.74 Å². The molecule has 21 heavy (non-hydrogen) atoms. The highest BCUT2D eigenvalue weighted by molar-refractivity contribution is 5.87. The summed E-state index contributed by atoms with van der Waals surface area (Å²) in [4.78, 5) is 4.45. The highest BCUT2D eigenvalue weighted by atomic mass is 16.5. The SMILES string of the molecule is Cc1cccc(COc2ccc3ccccc3c2CN)n1. The number of aromatic nitrogens is 1.